The van der Waals surface area contributed by atoms with E-state index in [4.69, 9.17) is 23.8 Å². The number of benzene rings is 3. The van der Waals surface area contributed by atoms with E-state index in [0.29, 0.717) is 0 Å². The van der Waals surface area contributed by atoms with Crippen LogP contribution in [-0.2, 0) is 13.0 Å². The van der Waals surface area contributed by atoms with E-state index in [9.17, 15) is 0 Å². The summed E-state index contributed by atoms with van der Waals surface area (Å²) in [5.41, 5.74) is 11.9. The number of aromatic nitrogens is 2. The molecule has 0 spiro atoms. The second-order valence-electron chi connectivity index (χ2n) is 9.66. The Labute approximate surface area is 222 Å². The standard InChI is InChI=1S/C31H28ClN3S/c1-20-11-12-21(2)26(18-20)33-30(36)29-28(23-8-4-3-5-9-23)25-10-6-7-17-34-27(19-35(29)31(25)34)22-13-15-24(32)16-14-22/h3-5,8-9,11-16,18-19H,6-7,10,17H2,1-2H3,(H,33,36). The average molecular weight is 510 g/mol. The number of aryl methyl sites for hydroxylation is 4. The van der Waals surface area contributed by atoms with E-state index in [2.05, 4.69) is 95.0 Å². The maximum Gasteiger partial charge on any atom is 0.128 e. The lowest BCUT2D eigenvalue weighted by molar-refractivity contribution is 0.647. The predicted octanol–water partition coefficient (Wildman–Crippen LogP) is 8.47. The van der Waals surface area contributed by atoms with Gasteiger partial charge in [0.2, 0.25) is 0 Å². The highest BCUT2D eigenvalue weighted by Crippen LogP contribution is 2.40. The third-order valence-electron chi connectivity index (χ3n) is 7.19. The van der Waals surface area contributed by atoms with Crippen LogP contribution >= 0.6 is 23.8 Å². The molecule has 3 nitrogen and oxygen atoms in total. The Hall–Kier alpha value is -3.34. The Morgan fingerprint density at radius 1 is 0.917 bits per heavy atom. The van der Waals surface area contributed by atoms with Crippen molar-refractivity contribution in [2.75, 3.05) is 5.32 Å². The highest BCUT2D eigenvalue weighted by Gasteiger charge is 2.28. The predicted molar refractivity (Wildman–Crippen MR) is 155 cm³/mol. The van der Waals surface area contributed by atoms with Gasteiger partial charge in [-0.2, -0.15) is 0 Å². The van der Waals surface area contributed by atoms with Crippen molar-refractivity contribution in [1.82, 2.24) is 8.97 Å². The van der Waals surface area contributed by atoms with Crippen LogP contribution in [0, 0.1) is 13.8 Å². The number of anilines is 1. The van der Waals surface area contributed by atoms with Gasteiger partial charge in [0.15, 0.2) is 0 Å². The SMILES string of the molecule is Cc1ccc(C)c(NC(=S)c2c(-c3ccccc3)c3c4n(c(-c5ccc(Cl)cc5)cn24)CCCC3)c1. The zero-order valence-corrected chi connectivity index (χ0v) is 22.1. The summed E-state index contributed by atoms with van der Waals surface area (Å²) in [6.07, 6.45) is 5.59. The molecule has 0 saturated carbocycles. The topological polar surface area (TPSA) is 21.4 Å². The summed E-state index contributed by atoms with van der Waals surface area (Å²) in [6, 6.07) is 25.3. The van der Waals surface area contributed by atoms with Crippen LogP contribution in [0.25, 0.3) is 28.0 Å². The fourth-order valence-electron chi connectivity index (χ4n) is 5.43. The van der Waals surface area contributed by atoms with Gasteiger partial charge in [-0.25, -0.2) is 0 Å². The zero-order valence-electron chi connectivity index (χ0n) is 20.5. The normalized spacial score (nSPS) is 13.1. The van der Waals surface area contributed by atoms with Crippen molar-refractivity contribution in [1.29, 1.82) is 0 Å². The molecule has 0 saturated heterocycles. The molecule has 0 bridgehead atoms. The van der Waals surface area contributed by atoms with Crippen molar-refractivity contribution >= 4 is 40.1 Å². The number of hydrogen-bond donors (Lipinski definition) is 1. The summed E-state index contributed by atoms with van der Waals surface area (Å²) in [5.74, 6) is 0. The molecule has 3 heterocycles. The van der Waals surface area contributed by atoms with Gasteiger partial charge in [-0.1, -0.05) is 78.4 Å². The molecular formula is C31H28ClN3S. The van der Waals surface area contributed by atoms with E-state index in [-0.39, 0.29) is 0 Å². The van der Waals surface area contributed by atoms with E-state index in [0.717, 1.165) is 52.8 Å². The Morgan fingerprint density at radius 2 is 1.69 bits per heavy atom. The smallest absolute Gasteiger partial charge is 0.128 e. The van der Waals surface area contributed by atoms with Crippen molar-refractivity contribution in [3.63, 3.8) is 0 Å². The van der Waals surface area contributed by atoms with Crippen LogP contribution in [0.3, 0.4) is 0 Å². The Balaban J connectivity index is 1.61. The second kappa shape index (κ2) is 9.27. The Bertz CT molecular complexity index is 1590. The average Bonchev–Trinajstić information content (AvgIpc) is 3.30. The summed E-state index contributed by atoms with van der Waals surface area (Å²) in [4.78, 5) is 0.740. The first-order valence-corrected chi connectivity index (χ1v) is 13.3. The minimum absolute atomic E-state index is 0.740. The minimum Gasteiger partial charge on any atom is -0.345 e. The summed E-state index contributed by atoms with van der Waals surface area (Å²) in [6.45, 7) is 5.21. The molecule has 0 atom stereocenters. The van der Waals surface area contributed by atoms with Crippen molar-refractivity contribution < 1.29 is 0 Å². The van der Waals surface area contributed by atoms with E-state index in [1.54, 1.807) is 0 Å². The maximum absolute atomic E-state index is 6.21. The highest BCUT2D eigenvalue weighted by atomic mass is 35.5. The third-order valence-corrected chi connectivity index (χ3v) is 7.74. The van der Waals surface area contributed by atoms with Gasteiger partial charge in [0, 0.05) is 34.6 Å². The molecule has 2 aromatic heterocycles. The number of nitrogens with zero attached hydrogens (tertiary/aromatic N) is 2. The fourth-order valence-corrected chi connectivity index (χ4v) is 5.86. The summed E-state index contributed by atoms with van der Waals surface area (Å²) in [5, 5.41) is 4.35. The van der Waals surface area contributed by atoms with Crippen molar-refractivity contribution in [2.45, 2.75) is 39.7 Å². The van der Waals surface area contributed by atoms with Gasteiger partial charge in [0.1, 0.15) is 10.6 Å². The zero-order chi connectivity index (χ0) is 24.8. The number of nitrogens with one attached hydrogen (secondary N) is 1. The fraction of sp³-hybridized carbons (Fsp3) is 0.194. The third kappa shape index (κ3) is 3.95. The largest absolute Gasteiger partial charge is 0.345 e. The summed E-state index contributed by atoms with van der Waals surface area (Å²) < 4.78 is 4.80. The van der Waals surface area contributed by atoms with Gasteiger partial charge in [0.05, 0.1) is 11.4 Å². The van der Waals surface area contributed by atoms with Gasteiger partial charge in [-0.15, -0.1) is 0 Å². The molecule has 0 aliphatic carbocycles. The quantitative estimate of drug-likeness (QED) is 0.245. The first-order chi connectivity index (χ1) is 17.5. The van der Waals surface area contributed by atoms with Gasteiger partial charge < -0.3 is 9.88 Å². The number of rotatable bonds is 4. The van der Waals surface area contributed by atoms with Crippen LogP contribution < -0.4 is 5.32 Å². The molecule has 180 valence electrons. The molecular weight excluding hydrogens is 482 g/mol. The lowest BCUT2D eigenvalue weighted by Gasteiger charge is -2.14. The van der Waals surface area contributed by atoms with Crippen molar-refractivity contribution in [3.05, 3.63) is 106 Å². The summed E-state index contributed by atoms with van der Waals surface area (Å²) in [7, 11) is 0. The van der Waals surface area contributed by atoms with Crippen molar-refractivity contribution in [3.8, 4) is 22.4 Å². The molecule has 3 aromatic carbocycles. The minimum atomic E-state index is 0.740. The Kier molecular flexibility index (Phi) is 5.94. The highest BCUT2D eigenvalue weighted by molar-refractivity contribution is 7.81. The molecule has 0 radical (unpaired) electrons. The maximum atomic E-state index is 6.21. The Morgan fingerprint density at radius 3 is 2.47 bits per heavy atom. The van der Waals surface area contributed by atoms with E-state index < -0.39 is 0 Å². The summed E-state index contributed by atoms with van der Waals surface area (Å²) >= 11 is 12.4. The van der Waals surface area contributed by atoms with Crippen LogP contribution in [0.4, 0.5) is 5.69 Å². The molecule has 5 aromatic rings. The van der Waals surface area contributed by atoms with Gasteiger partial charge in [0.25, 0.3) is 0 Å². The number of thiocarbonyl (C=S) groups is 1. The lowest BCUT2D eigenvalue weighted by atomic mass is 9.98. The molecule has 0 fully saturated rings. The lowest BCUT2D eigenvalue weighted by Crippen LogP contribution is -2.15. The van der Waals surface area contributed by atoms with E-state index in [1.165, 1.54) is 39.2 Å². The molecule has 0 unspecified atom stereocenters. The molecule has 6 rings (SSSR count). The van der Waals surface area contributed by atoms with Crippen LogP contribution in [0.5, 0.6) is 0 Å². The second-order valence-corrected chi connectivity index (χ2v) is 10.5. The number of halogens is 1. The molecule has 1 aliphatic rings. The molecule has 0 amide bonds. The first kappa shape index (κ1) is 23.1. The molecule has 1 aliphatic heterocycles. The van der Waals surface area contributed by atoms with Gasteiger partial charge in [-0.3, -0.25) is 4.40 Å². The molecule has 5 heteroatoms. The number of hydrogen-bond acceptors (Lipinski definition) is 1. The van der Waals surface area contributed by atoms with E-state index >= 15 is 0 Å². The monoisotopic (exact) mass is 509 g/mol. The number of imidazole rings is 1. The molecule has 1 N–H and O–H groups in total. The van der Waals surface area contributed by atoms with Gasteiger partial charge in [-0.05, 0) is 73.6 Å². The van der Waals surface area contributed by atoms with Crippen LogP contribution in [-0.4, -0.2) is 14.0 Å². The first-order valence-electron chi connectivity index (χ1n) is 12.5. The van der Waals surface area contributed by atoms with Crippen LogP contribution in [0.2, 0.25) is 5.02 Å². The molecule has 36 heavy (non-hydrogen) atoms. The van der Waals surface area contributed by atoms with Crippen molar-refractivity contribution in [2.24, 2.45) is 0 Å². The van der Waals surface area contributed by atoms with Crippen LogP contribution in [0.1, 0.15) is 35.2 Å². The van der Waals surface area contributed by atoms with Crippen LogP contribution in [0.15, 0.2) is 79.0 Å². The van der Waals surface area contributed by atoms with E-state index in [1.807, 2.05) is 12.1 Å². The van der Waals surface area contributed by atoms with Gasteiger partial charge >= 0.3 is 0 Å².